The molecule has 15 heteroatoms. The van der Waals surface area contributed by atoms with Crippen LogP contribution in [0.25, 0.3) is 0 Å². The van der Waals surface area contributed by atoms with Crippen LogP contribution in [0.5, 0.6) is 0 Å². The lowest BCUT2D eigenvalue weighted by atomic mass is 9.75. The van der Waals surface area contributed by atoms with Gasteiger partial charge in [-0.25, -0.2) is 0 Å². The van der Waals surface area contributed by atoms with E-state index in [9.17, 15) is 30.0 Å². The van der Waals surface area contributed by atoms with Crippen LogP contribution in [-0.2, 0) is 33.3 Å². The van der Waals surface area contributed by atoms with E-state index in [0.29, 0.717) is 51.9 Å². The van der Waals surface area contributed by atoms with Crippen molar-refractivity contribution in [2.45, 2.75) is 140 Å². The fourth-order valence-electron chi connectivity index (χ4n) is 8.57. The molecular formula is C39H74N4O11. The molecule has 5 N–H and O–H groups in total. The van der Waals surface area contributed by atoms with Crippen molar-refractivity contribution < 1.29 is 53.7 Å². The number of likely N-dealkylation sites (N-methyl/N-ethyl adjacent to an activating group) is 1. The Hall–Kier alpha value is -1.50. The van der Waals surface area contributed by atoms with Crippen LogP contribution in [0.2, 0.25) is 0 Å². The number of nitrogens with one attached hydrogen (secondary N) is 1. The molecule has 0 unspecified atom stereocenters. The van der Waals surface area contributed by atoms with Gasteiger partial charge < -0.3 is 59.2 Å². The molecule has 0 aromatic rings. The Balaban J connectivity index is 0.000000362. The number of aliphatic hydroxyl groups is 4. The highest BCUT2D eigenvalue weighted by Gasteiger charge is 2.55. The van der Waals surface area contributed by atoms with E-state index in [4.69, 9.17) is 23.7 Å². The second-order valence-corrected chi connectivity index (χ2v) is 17.1. The number of rotatable bonds is 6. The lowest BCUT2D eigenvalue weighted by Gasteiger charge is -2.52. The van der Waals surface area contributed by atoms with Crippen molar-refractivity contribution in [1.29, 1.82) is 0 Å². The van der Waals surface area contributed by atoms with Crippen LogP contribution in [0.4, 0.5) is 0 Å². The van der Waals surface area contributed by atoms with Crippen molar-refractivity contribution in [2.75, 3.05) is 80.8 Å². The van der Waals surface area contributed by atoms with E-state index in [1.54, 1.807) is 39.8 Å². The second kappa shape index (κ2) is 20.3. The van der Waals surface area contributed by atoms with Crippen LogP contribution in [-0.4, -0.2) is 187 Å². The minimum Gasteiger partial charge on any atom is -0.392 e. The molecule has 4 rings (SSSR count). The van der Waals surface area contributed by atoms with Crippen molar-refractivity contribution in [1.82, 2.24) is 20.0 Å². The Morgan fingerprint density at radius 2 is 1.65 bits per heavy atom. The van der Waals surface area contributed by atoms with Gasteiger partial charge in [-0.05, 0) is 67.0 Å². The van der Waals surface area contributed by atoms with Gasteiger partial charge in [-0.3, -0.25) is 14.5 Å². The van der Waals surface area contributed by atoms with Crippen LogP contribution >= 0.6 is 0 Å². The Morgan fingerprint density at radius 1 is 1.00 bits per heavy atom. The molecule has 4 heterocycles. The average Bonchev–Trinajstić information content (AvgIpc) is 3.11. The third-order valence-corrected chi connectivity index (χ3v) is 12.3. The number of aliphatic hydroxyl groups excluding tert-OH is 2. The fourth-order valence-corrected chi connectivity index (χ4v) is 8.57. The van der Waals surface area contributed by atoms with E-state index < -0.39 is 53.2 Å². The van der Waals surface area contributed by atoms with E-state index in [1.165, 1.54) is 0 Å². The normalized spacial score (nSPS) is 42.7. The second-order valence-electron chi connectivity index (χ2n) is 17.1. The summed E-state index contributed by atoms with van der Waals surface area (Å²) in [5.74, 6) is -1.86. The molecule has 0 bridgehead atoms. The number of carbonyl (C=O) groups excluding carboxylic acids is 2. The molecule has 2 amide bonds. The SMILES string of the molecule is CO[C@]1(C)CCO[C@@H](C)[C@]1(O)CN1CCOCC1.C[C@H]1CN(C)C(=O)CCCNC(=O)[C@H](C)[C@@H](O)[C@H](C)[C@@H](O[C@@H]2O[C@H](C)C[C@H](N(C)C)[C@H]2O)[C@](C)(O)C1. The summed E-state index contributed by atoms with van der Waals surface area (Å²) in [6.07, 6.45) is -2.01. The van der Waals surface area contributed by atoms with Gasteiger partial charge in [0.1, 0.15) is 11.7 Å². The molecule has 0 saturated carbocycles. The zero-order valence-corrected chi connectivity index (χ0v) is 35.0. The zero-order chi connectivity index (χ0) is 40.6. The Morgan fingerprint density at radius 3 is 2.26 bits per heavy atom. The number of amides is 2. The maximum Gasteiger partial charge on any atom is 0.225 e. The molecule has 0 aliphatic carbocycles. The first-order chi connectivity index (χ1) is 25.2. The third kappa shape index (κ3) is 11.8. The predicted molar refractivity (Wildman–Crippen MR) is 204 cm³/mol. The molecule has 0 spiro atoms. The number of ether oxygens (including phenoxy) is 5. The summed E-state index contributed by atoms with van der Waals surface area (Å²) >= 11 is 0. The Kier molecular flexibility index (Phi) is 17.6. The molecule has 13 atom stereocenters. The topological polar surface area (TPSA) is 183 Å². The highest BCUT2D eigenvalue weighted by Crippen LogP contribution is 2.39. The number of carbonyl (C=O) groups is 2. The van der Waals surface area contributed by atoms with E-state index in [-0.39, 0.29) is 42.4 Å². The van der Waals surface area contributed by atoms with Crippen LogP contribution in [0.15, 0.2) is 0 Å². The molecule has 4 aliphatic heterocycles. The highest BCUT2D eigenvalue weighted by molar-refractivity contribution is 5.79. The third-order valence-electron chi connectivity index (χ3n) is 12.3. The first-order valence-corrected chi connectivity index (χ1v) is 19.9. The van der Waals surface area contributed by atoms with Gasteiger partial charge in [-0.2, -0.15) is 0 Å². The quantitative estimate of drug-likeness (QED) is 0.256. The highest BCUT2D eigenvalue weighted by atomic mass is 16.7. The minimum absolute atomic E-state index is 0.0256. The molecule has 0 radical (unpaired) electrons. The summed E-state index contributed by atoms with van der Waals surface area (Å²) in [6, 6.07) is -0.200. The van der Waals surface area contributed by atoms with Crippen molar-refractivity contribution in [3.05, 3.63) is 0 Å². The summed E-state index contributed by atoms with van der Waals surface area (Å²) in [7, 11) is 7.18. The van der Waals surface area contributed by atoms with Gasteiger partial charge in [0.15, 0.2) is 6.29 Å². The molecule has 0 aromatic carbocycles. The number of morpholine rings is 1. The summed E-state index contributed by atoms with van der Waals surface area (Å²) in [6.45, 7) is 18.0. The molecule has 4 saturated heterocycles. The van der Waals surface area contributed by atoms with Crippen molar-refractivity contribution >= 4 is 11.8 Å². The number of hydrogen-bond donors (Lipinski definition) is 5. The standard InChI is InChI=1S/C26H49N3O7.C13H25NO4/c1-15-13-26(5,34)23(36-25-22(32)19(28(6)7)12-16(2)35-25)17(3)21(31)18(4)24(33)27-11-9-10-20(30)29(8)14-15;1-11-13(15,10-14-5-8-17-9-6-14)12(2,16-3)4-7-18-11/h15-19,21-23,25,31-32,34H,9-14H2,1-8H3,(H,27,33);11,15H,4-10H2,1-3H3/t15-,16-,17+,18-,19+,21+,22-,23-,25+,26-;11-,12+,13+/m10/s1. The Bertz CT molecular complexity index is 1180. The van der Waals surface area contributed by atoms with Gasteiger partial charge in [-0.15, -0.1) is 0 Å². The van der Waals surface area contributed by atoms with Gasteiger partial charge in [0.05, 0.1) is 54.7 Å². The van der Waals surface area contributed by atoms with E-state index in [2.05, 4.69) is 10.2 Å². The van der Waals surface area contributed by atoms with E-state index in [0.717, 1.165) is 26.3 Å². The maximum atomic E-state index is 12.7. The van der Waals surface area contributed by atoms with Gasteiger partial charge in [-0.1, -0.05) is 20.8 Å². The molecule has 316 valence electrons. The van der Waals surface area contributed by atoms with Crippen molar-refractivity contribution in [2.24, 2.45) is 17.8 Å². The smallest absolute Gasteiger partial charge is 0.225 e. The lowest BCUT2D eigenvalue weighted by Crippen LogP contribution is -2.68. The summed E-state index contributed by atoms with van der Waals surface area (Å²) in [4.78, 5) is 31.1. The summed E-state index contributed by atoms with van der Waals surface area (Å²) in [5.41, 5.74) is -2.97. The van der Waals surface area contributed by atoms with E-state index >= 15 is 0 Å². The Labute approximate surface area is 323 Å². The molecule has 15 nitrogen and oxygen atoms in total. The largest absolute Gasteiger partial charge is 0.392 e. The molecule has 4 fully saturated rings. The van der Waals surface area contributed by atoms with Crippen LogP contribution < -0.4 is 5.32 Å². The molecule has 54 heavy (non-hydrogen) atoms. The number of methoxy groups -OCH3 is 1. The van der Waals surface area contributed by atoms with Crippen molar-refractivity contribution in [3.63, 3.8) is 0 Å². The van der Waals surface area contributed by atoms with Gasteiger partial charge in [0, 0.05) is 78.3 Å². The number of hydrogen-bond acceptors (Lipinski definition) is 13. The number of β-amino-alcohol motifs (C(OH)–C–C–N with tert-alkyl or cyclic N) is 1. The van der Waals surface area contributed by atoms with Gasteiger partial charge in [0.2, 0.25) is 11.8 Å². The lowest BCUT2D eigenvalue weighted by molar-refractivity contribution is -0.299. The van der Waals surface area contributed by atoms with Gasteiger partial charge in [0.25, 0.3) is 0 Å². The molecular weight excluding hydrogens is 700 g/mol. The first-order valence-electron chi connectivity index (χ1n) is 19.9. The summed E-state index contributed by atoms with van der Waals surface area (Å²) in [5, 5.41) is 47.9. The molecule has 0 aromatic heterocycles. The molecule has 4 aliphatic rings. The van der Waals surface area contributed by atoms with Gasteiger partial charge >= 0.3 is 0 Å². The predicted octanol–water partition coefficient (Wildman–Crippen LogP) is 0.840. The minimum atomic E-state index is -1.45. The van der Waals surface area contributed by atoms with Crippen LogP contribution in [0.1, 0.15) is 80.6 Å². The maximum absolute atomic E-state index is 12.7. The number of nitrogens with zero attached hydrogens (tertiary/aromatic N) is 3. The van der Waals surface area contributed by atoms with E-state index in [1.807, 2.05) is 46.7 Å². The van der Waals surface area contributed by atoms with Crippen LogP contribution in [0, 0.1) is 17.8 Å². The average molecular weight is 775 g/mol. The van der Waals surface area contributed by atoms with Crippen molar-refractivity contribution in [3.8, 4) is 0 Å². The zero-order valence-electron chi connectivity index (χ0n) is 35.0. The van der Waals surface area contributed by atoms with Crippen LogP contribution in [0.3, 0.4) is 0 Å². The fraction of sp³-hybridized carbons (Fsp3) is 0.949. The first kappa shape index (κ1) is 46.9. The summed E-state index contributed by atoms with van der Waals surface area (Å²) < 4.78 is 28.9. The monoisotopic (exact) mass is 775 g/mol.